The Morgan fingerprint density at radius 1 is 1.16 bits per heavy atom. The van der Waals surface area contributed by atoms with Gasteiger partial charge in [-0.15, -0.1) is 0 Å². The third-order valence-corrected chi connectivity index (χ3v) is 4.95. The van der Waals surface area contributed by atoms with Crippen molar-refractivity contribution in [2.45, 2.75) is 40.2 Å². The molecule has 5 heteroatoms. The second-order valence-electron chi connectivity index (χ2n) is 7.10. The molecule has 3 rings (SSSR count). The Labute approximate surface area is 148 Å². The van der Waals surface area contributed by atoms with Crippen LogP contribution in [-0.2, 0) is 11.3 Å². The van der Waals surface area contributed by atoms with Crippen molar-refractivity contribution < 1.29 is 4.79 Å². The van der Waals surface area contributed by atoms with Gasteiger partial charge in [0.15, 0.2) is 0 Å². The minimum absolute atomic E-state index is 0.00592. The van der Waals surface area contributed by atoms with E-state index in [0.717, 1.165) is 42.8 Å². The van der Waals surface area contributed by atoms with E-state index in [1.165, 1.54) is 16.3 Å². The Bertz CT molecular complexity index is 833. The van der Waals surface area contributed by atoms with Crippen LogP contribution in [0.25, 0.3) is 11.3 Å². The Kier molecular flexibility index (Phi) is 5.02. The van der Waals surface area contributed by atoms with Crippen LogP contribution < -0.4 is 5.56 Å². The largest absolute Gasteiger partial charge is 0.341 e. The molecule has 25 heavy (non-hydrogen) atoms. The number of amides is 1. The molecule has 0 radical (unpaired) electrons. The number of carbonyl (C=O) groups excluding carboxylic acids is 1. The van der Waals surface area contributed by atoms with Crippen LogP contribution in [0.4, 0.5) is 0 Å². The van der Waals surface area contributed by atoms with Crippen LogP contribution in [-0.4, -0.2) is 33.7 Å². The van der Waals surface area contributed by atoms with Crippen molar-refractivity contribution in [3.05, 3.63) is 51.8 Å². The molecule has 0 bridgehead atoms. The summed E-state index contributed by atoms with van der Waals surface area (Å²) in [6, 6.07) is 9.35. The number of carbonyl (C=O) groups is 1. The molecule has 0 aliphatic carbocycles. The highest BCUT2D eigenvalue weighted by Crippen LogP contribution is 2.21. The second-order valence-corrected chi connectivity index (χ2v) is 7.10. The average Bonchev–Trinajstić information content (AvgIpc) is 2.57. The van der Waals surface area contributed by atoms with Gasteiger partial charge in [-0.2, -0.15) is 5.10 Å². The van der Waals surface area contributed by atoms with Crippen molar-refractivity contribution in [3.63, 3.8) is 0 Å². The van der Waals surface area contributed by atoms with Crippen LogP contribution in [0.1, 0.15) is 30.9 Å². The normalized spacial score (nSPS) is 15.4. The first kappa shape index (κ1) is 17.4. The third kappa shape index (κ3) is 3.98. The first-order valence-electron chi connectivity index (χ1n) is 8.87. The molecule has 1 saturated heterocycles. The zero-order chi connectivity index (χ0) is 18.0. The number of likely N-dealkylation sites (tertiary alicyclic amines) is 1. The summed E-state index contributed by atoms with van der Waals surface area (Å²) in [5.41, 5.74) is 3.75. The summed E-state index contributed by atoms with van der Waals surface area (Å²) in [7, 11) is 0. The summed E-state index contributed by atoms with van der Waals surface area (Å²) in [6.07, 6.45) is 2.05. The molecule has 1 aliphatic heterocycles. The van der Waals surface area contributed by atoms with Gasteiger partial charge in [-0.1, -0.05) is 30.7 Å². The summed E-state index contributed by atoms with van der Waals surface area (Å²) in [5, 5.41) is 4.44. The molecule has 0 N–H and O–H groups in total. The molecule has 1 amide bonds. The topological polar surface area (TPSA) is 55.2 Å². The van der Waals surface area contributed by atoms with Crippen molar-refractivity contribution in [3.8, 4) is 11.3 Å². The van der Waals surface area contributed by atoms with Gasteiger partial charge in [0.1, 0.15) is 6.54 Å². The molecular weight excluding hydrogens is 314 g/mol. The monoisotopic (exact) mass is 339 g/mol. The van der Waals surface area contributed by atoms with Gasteiger partial charge in [0.2, 0.25) is 5.91 Å². The SMILES string of the molecule is Cc1ccc(-c2ccc(=O)n(CC(=O)N3CCC(C)CC3)n2)c(C)c1. The van der Waals surface area contributed by atoms with E-state index in [2.05, 4.69) is 18.1 Å². The van der Waals surface area contributed by atoms with Gasteiger partial charge in [-0.25, -0.2) is 4.68 Å². The Morgan fingerprint density at radius 2 is 1.88 bits per heavy atom. The highest BCUT2D eigenvalue weighted by Gasteiger charge is 2.21. The Balaban J connectivity index is 1.82. The summed E-state index contributed by atoms with van der Waals surface area (Å²) >= 11 is 0. The van der Waals surface area contributed by atoms with Crippen molar-refractivity contribution in [1.29, 1.82) is 0 Å². The van der Waals surface area contributed by atoms with Crippen LogP contribution in [0.5, 0.6) is 0 Å². The lowest BCUT2D eigenvalue weighted by Crippen LogP contribution is -2.41. The van der Waals surface area contributed by atoms with Gasteiger partial charge in [0.05, 0.1) is 5.69 Å². The average molecular weight is 339 g/mol. The fourth-order valence-corrected chi connectivity index (χ4v) is 3.29. The van der Waals surface area contributed by atoms with Crippen LogP contribution in [0.15, 0.2) is 35.1 Å². The third-order valence-electron chi connectivity index (χ3n) is 4.95. The van der Waals surface area contributed by atoms with Crippen LogP contribution in [0, 0.1) is 19.8 Å². The fraction of sp³-hybridized carbons (Fsp3) is 0.450. The second kappa shape index (κ2) is 7.21. The molecule has 1 aliphatic rings. The number of piperidine rings is 1. The summed E-state index contributed by atoms with van der Waals surface area (Å²) in [6.45, 7) is 7.83. The first-order valence-corrected chi connectivity index (χ1v) is 8.87. The highest BCUT2D eigenvalue weighted by atomic mass is 16.2. The predicted molar refractivity (Wildman–Crippen MR) is 98.4 cm³/mol. The molecule has 2 aromatic rings. The number of aromatic nitrogens is 2. The standard InChI is InChI=1S/C20H25N3O2/c1-14-8-10-22(11-9-14)20(25)13-23-19(24)7-6-18(21-23)17-5-4-15(2)12-16(17)3/h4-7,12,14H,8-11,13H2,1-3H3. The van der Waals surface area contributed by atoms with Crippen molar-refractivity contribution in [1.82, 2.24) is 14.7 Å². The zero-order valence-electron chi connectivity index (χ0n) is 15.2. The Morgan fingerprint density at radius 3 is 2.56 bits per heavy atom. The number of rotatable bonds is 3. The van der Waals surface area contributed by atoms with E-state index < -0.39 is 0 Å². The number of nitrogens with zero attached hydrogens (tertiary/aromatic N) is 3. The molecular formula is C20H25N3O2. The maximum Gasteiger partial charge on any atom is 0.267 e. The lowest BCUT2D eigenvalue weighted by Gasteiger charge is -2.30. The fourth-order valence-electron chi connectivity index (χ4n) is 3.29. The molecule has 1 fully saturated rings. The van der Waals surface area contributed by atoms with Gasteiger partial charge >= 0.3 is 0 Å². The molecule has 0 saturated carbocycles. The predicted octanol–water partition coefficient (Wildman–Crippen LogP) is 2.79. The minimum atomic E-state index is -0.243. The molecule has 0 atom stereocenters. The van der Waals surface area contributed by atoms with Crippen molar-refractivity contribution in [2.75, 3.05) is 13.1 Å². The lowest BCUT2D eigenvalue weighted by molar-refractivity contribution is -0.133. The van der Waals surface area contributed by atoms with E-state index in [1.54, 1.807) is 6.07 Å². The van der Waals surface area contributed by atoms with Crippen LogP contribution in [0.2, 0.25) is 0 Å². The van der Waals surface area contributed by atoms with E-state index in [4.69, 9.17) is 0 Å². The summed E-state index contributed by atoms with van der Waals surface area (Å²) in [4.78, 5) is 26.5. The van der Waals surface area contributed by atoms with Crippen molar-refractivity contribution >= 4 is 5.91 Å². The number of hydrogen-bond donors (Lipinski definition) is 0. The maximum absolute atomic E-state index is 12.5. The van der Waals surface area contributed by atoms with Crippen molar-refractivity contribution in [2.24, 2.45) is 5.92 Å². The van der Waals surface area contributed by atoms with Gasteiger partial charge in [0.25, 0.3) is 5.56 Å². The van der Waals surface area contributed by atoms with Gasteiger partial charge in [0, 0.05) is 24.7 Å². The van der Waals surface area contributed by atoms with Gasteiger partial charge in [-0.3, -0.25) is 9.59 Å². The van der Waals surface area contributed by atoms with Gasteiger partial charge in [-0.05, 0) is 44.2 Å². The van der Waals surface area contributed by atoms with Crippen LogP contribution in [0.3, 0.4) is 0 Å². The molecule has 2 heterocycles. The van der Waals surface area contributed by atoms with E-state index >= 15 is 0 Å². The number of hydrogen-bond acceptors (Lipinski definition) is 3. The van der Waals surface area contributed by atoms with Gasteiger partial charge < -0.3 is 4.90 Å². The first-order chi connectivity index (χ1) is 11.9. The van der Waals surface area contributed by atoms with E-state index in [-0.39, 0.29) is 18.0 Å². The number of aryl methyl sites for hydroxylation is 2. The highest BCUT2D eigenvalue weighted by molar-refractivity contribution is 5.76. The molecule has 0 unspecified atom stereocenters. The van der Waals surface area contributed by atoms with E-state index in [1.807, 2.05) is 30.9 Å². The smallest absolute Gasteiger partial charge is 0.267 e. The van der Waals surface area contributed by atoms with E-state index in [0.29, 0.717) is 5.92 Å². The maximum atomic E-state index is 12.5. The zero-order valence-corrected chi connectivity index (χ0v) is 15.2. The quantitative estimate of drug-likeness (QED) is 0.864. The van der Waals surface area contributed by atoms with Crippen LogP contribution >= 0.6 is 0 Å². The molecule has 5 nitrogen and oxygen atoms in total. The summed E-state index contributed by atoms with van der Waals surface area (Å²) < 4.78 is 1.29. The molecule has 1 aromatic heterocycles. The number of benzene rings is 1. The molecule has 1 aromatic carbocycles. The van der Waals surface area contributed by atoms with E-state index in [9.17, 15) is 9.59 Å². The summed E-state index contributed by atoms with van der Waals surface area (Å²) in [5.74, 6) is 0.636. The lowest BCUT2D eigenvalue weighted by atomic mass is 9.99. The Hall–Kier alpha value is -2.43. The minimum Gasteiger partial charge on any atom is -0.341 e. The molecule has 0 spiro atoms. The molecule has 132 valence electrons.